The van der Waals surface area contributed by atoms with Crippen molar-refractivity contribution < 1.29 is 31.9 Å². The van der Waals surface area contributed by atoms with Crippen molar-refractivity contribution >= 4 is 17.4 Å². The van der Waals surface area contributed by atoms with Gasteiger partial charge in [-0.15, -0.1) is 0 Å². The number of carbonyl (C=O) groups excluding carboxylic acids is 2. The summed E-state index contributed by atoms with van der Waals surface area (Å²) < 4.78 is 50.0. The lowest BCUT2D eigenvalue weighted by Crippen LogP contribution is -2.68. The van der Waals surface area contributed by atoms with Gasteiger partial charge in [-0.25, -0.2) is 4.98 Å². The number of aromatic nitrogens is 2. The fraction of sp³-hybridized carbons (Fsp3) is 0.435. The Morgan fingerprint density at radius 3 is 2.64 bits per heavy atom. The van der Waals surface area contributed by atoms with Crippen molar-refractivity contribution in [1.29, 1.82) is 5.41 Å². The molecule has 194 valence electrons. The van der Waals surface area contributed by atoms with Crippen LogP contribution in [0.5, 0.6) is 0 Å². The molecule has 2 aromatic rings. The highest BCUT2D eigenvalue weighted by molar-refractivity contribution is 6.41. The van der Waals surface area contributed by atoms with Gasteiger partial charge in [0.2, 0.25) is 5.89 Å². The molecule has 1 aliphatic rings. The molecule has 0 radical (unpaired) electrons. The van der Waals surface area contributed by atoms with Crippen LogP contribution in [0.25, 0.3) is 11.5 Å². The number of hydrogen-bond donors (Lipinski definition) is 2. The Morgan fingerprint density at radius 2 is 2.06 bits per heavy atom. The molecule has 2 aromatic heterocycles. The quantitative estimate of drug-likeness (QED) is 0.299. The number of pyridine rings is 1. The lowest BCUT2D eigenvalue weighted by Gasteiger charge is -2.47. The summed E-state index contributed by atoms with van der Waals surface area (Å²) in [5, 5.41) is 14.1. The topological polar surface area (TPSA) is 125 Å². The SMILES string of the molecule is C=CN(C1CCCCO1)N(C)C(C)(NC(=O)c1coc(-c2ccnc(C(F)(F)F)c2)n1)C(=N)C(C)=O. The second kappa shape index (κ2) is 10.6. The molecule has 3 heterocycles. The second-order valence-corrected chi connectivity index (χ2v) is 8.33. The first-order valence-electron chi connectivity index (χ1n) is 11.1. The van der Waals surface area contributed by atoms with Gasteiger partial charge in [-0.2, -0.15) is 18.2 Å². The van der Waals surface area contributed by atoms with E-state index < -0.39 is 41.2 Å². The Balaban J connectivity index is 1.88. The molecular weight excluding hydrogens is 481 g/mol. The molecule has 10 nitrogen and oxygen atoms in total. The third-order valence-electron chi connectivity index (χ3n) is 5.86. The summed E-state index contributed by atoms with van der Waals surface area (Å²) in [4.78, 5) is 32.6. The van der Waals surface area contributed by atoms with E-state index in [1.807, 2.05) is 0 Å². The molecule has 1 amide bonds. The minimum Gasteiger partial charge on any atom is -0.444 e. The maximum atomic E-state index is 13.1. The largest absolute Gasteiger partial charge is 0.444 e. The summed E-state index contributed by atoms with van der Waals surface area (Å²) in [7, 11) is 1.57. The molecule has 0 aliphatic carbocycles. The van der Waals surface area contributed by atoms with Crippen LogP contribution in [0, 0.1) is 5.41 Å². The van der Waals surface area contributed by atoms with E-state index in [1.165, 1.54) is 31.1 Å². The normalized spacial score (nSPS) is 17.8. The Kier molecular flexibility index (Phi) is 7.94. The zero-order valence-electron chi connectivity index (χ0n) is 20.1. The summed E-state index contributed by atoms with van der Waals surface area (Å²) in [5.41, 5.74) is -3.50. The van der Waals surface area contributed by atoms with Crippen molar-refractivity contribution in [2.75, 3.05) is 13.7 Å². The number of hydrogen-bond acceptors (Lipinski definition) is 9. The molecule has 0 saturated carbocycles. The number of nitrogens with zero attached hydrogens (tertiary/aromatic N) is 4. The van der Waals surface area contributed by atoms with Gasteiger partial charge in [0.15, 0.2) is 17.1 Å². The van der Waals surface area contributed by atoms with Crippen molar-refractivity contribution in [2.24, 2.45) is 0 Å². The number of oxazole rings is 1. The highest BCUT2D eigenvalue weighted by Crippen LogP contribution is 2.30. The zero-order valence-corrected chi connectivity index (χ0v) is 20.1. The van der Waals surface area contributed by atoms with Crippen molar-refractivity contribution in [3.8, 4) is 11.5 Å². The van der Waals surface area contributed by atoms with Crippen molar-refractivity contribution in [3.05, 3.63) is 48.8 Å². The van der Waals surface area contributed by atoms with Crippen LogP contribution in [0.15, 0.2) is 41.8 Å². The van der Waals surface area contributed by atoms with Crippen LogP contribution in [-0.4, -0.2) is 62.9 Å². The van der Waals surface area contributed by atoms with E-state index in [4.69, 9.17) is 14.6 Å². The number of ketones is 1. The number of carbonyl (C=O) groups is 2. The molecule has 2 unspecified atom stereocenters. The molecule has 0 spiro atoms. The average Bonchev–Trinajstić information content (AvgIpc) is 3.35. The molecule has 2 N–H and O–H groups in total. The van der Waals surface area contributed by atoms with Gasteiger partial charge >= 0.3 is 6.18 Å². The minimum absolute atomic E-state index is 0.0278. The maximum Gasteiger partial charge on any atom is 0.433 e. The van der Waals surface area contributed by atoms with Crippen LogP contribution in [0.4, 0.5) is 13.2 Å². The summed E-state index contributed by atoms with van der Waals surface area (Å²) in [6.45, 7) is 6.99. The lowest BCUT2D eigenvalue weighted by molar-refractivity contribution is -0.168. The van der Waals surface area contributed by atoms with Gasteiger partial charge in [0.05, 0.1) is 0 Å². The van der Waals surface area contributed by atoms with Crippen LogP contribution in [0.2, 0.25) is 0 Å². The standard InChI is InChI=1S/C23H27F3N6O4/c1-5-32(18-8-6-7-11-35-18)31(4)22(3,19(27)14(2)33)30-20(34)16-13-36-21(29-16)15-9-10-28-17(12-15)23(24,25)26/h5,9-10,12-13,18,27H,1,6-8,11H2,2-4H3,(H,30,34). The monoisotopic (exact) mass is 508 g/mol. The van der Waals surface area contributed by atoms with E-state index in [2.05, 4.69) is 21.9 Å². The maximum absolute atomic E-state index is 13.1. The molecular formula is C23H27F3N6O4. The van der Waals surface area contributed by atoms with Crippen LogP contribution in [0.1, 0.15) is 49.3 Å². The molecule has 36 heavy (non-hydrogen) atoms. The number of amides is 1. The van der Waals surface area contributed by atoms with E-state index in [1.54, 1.807) is 12.1 Å². The molecule has 0 bridgehead atoms. The molecule has 1 saturated heterocycles. The second-order valence-electron chi connectivity index (χ2n) is 8.33. The summed E-state index contributed by atoms with van der Waals surface area (Å²) in [6.07, 6.45) is 0.815. The molecule has 13 heteroatoms. The fourth-order valence-electron chi connectivity index (χ4n) is 3.76. The Bertz CT molecular complexity index is 1140. The summed E-state index contributed by atoms with van der Waals surface area (Å²) in [5.74, 6) is -1.63. The van der Waals surface area contributed by atoms with E-state index in [-0.39, 0.29) is 17.1 Å². The van der Waals surface area contributed by atoms with Crippen molar-refractivity contribution in [3.63, 3.8) is 0 Å². The van der Waals surface area contributed by atoms with Gasteiger partial charge in [-0.3, -0.25) is 25.0 Å². The zero-order chi connectivity index (χ0) is 26.7. The smallest absolute Gasteiger partial charge is 0.433 e. The number of alkyl halides is 3. The van der Waals surface area contributed by atoms with E-state index in [9.17, 15) is 22.8 Å². The highest BCUT2D eigenvalue weighted by atomic mass is 19.4. The third kappa shape index (κ3) is 5.62. The summed E-state index contributed by atoms with van der Waals surface area (Å²) in [6, 6.07) is 2.02. The molecule has 2 atom stereocenters. The lowest BCUT2D eigenvalue weighted by atomic mass is 10.0. The van der Waals surface area contributed by atoms with Crippen molar-refractivity contribution in [2.45, 2.75) is 51.2 Å². The Hall–Kier alpha value is -3.58. The number of halogens is 3. The molecule has 1 fully saturated rings. The van der Waals surface area contributed by atoms with Gasteiger partial charge < -0.3 is 14.5 Å². The van der Waals surface area contributed by atoms with E-state index in [0.29, 0.717) is 13.0 Å². The molecule has 3 rings (SSSR count). The summed E-state index contributed by atoms with van der Waals surface area (Å²) >= 11 is 0. The minimum atomic E-state index is -4.67. The Morgan fingerprint density at radius 1 is 1.33 bits per heavy atom. The van der Waals surface area contributed by atoms with E-state index >= 15 is 0 Å². The van der Waals surface area contributed by atoms with Gasteiger partial charge in [0, 0.05) is 38.5 Å². The Labute approximate surface area is 205 Å². The van der Waals surface area contributed by atoms with Crippen LogP contribution >= 0.6 is 0 Å². The van der Waals surface area contributed by atoms with Gasteiger partial charge in [0.1, 0.15) is 23.9 Å². The average molecular weight is 509 g/mol. The first-order valence-corrected chi connectivity index (χ1v) is 11.1. The molecule has 1 aliphatic heterocycles. The van der Waals surface area contributed by atoms with Crippen LogP contribution in [0.3, 0.4) is 0 Å². The van der Waals surface area contributed by atoms with Crippen LogP contribution < -0.4 is 5.32 Å². The number of rotatable bonds is 9. The number of ether oxygens (including phenoxy) is 1. The highest BCUT2D eigenvalue weighted by Gasteiger charge is 2.43. The fourth-order valence-corrected chi connectivity index (χ4v) is 3.76. The predicted octanol–water partition coefficient (Wildman–Crippen LogP) is 3.63. The predicted molar refractivity (Wildman–Crippen MR) is 122 cm³/mol. The van der Waals surface area contributed by atoms with Crippen LogP contribution in [-0.2, 0) is 15.7 Å². The number of Topliss-reactive ketones (excluding diaryl/α,β-unsaturated/α-hetero) is 1. The van der Waals surface area contributed by atoms with Crippen molar-refractivity contribution in [1.82, 2.24) is 25.3 Å². The van der Waals surface area contributed by atoms with E-state index in [0.717, 1.165) is 31.4 Å². The number of hydrazine groups is 1. The first kappa shape index (κ1) is 27.0. The third-order valence-corrected chi connectivity index (χ3v) is 5.86. The van der Waals surface area contributed by atoms with Gasteiger partial charge in [-0.1, -0.05) is 6.58 Å². The molecule has 0 aromatic carbocycles. The van der Waals surface area contributed by atoms with Gasteiger partial charge in [-0.05, 0) is 38.3 Å². The van der Waals surface area contributed by atoms with Gasteiger partial charge in [0.25, 0.3) is 5.91 Å². The number of nitrogens with one attached hydrogen (secondary N) is 2. The first-order chi connectivity index (χ1) is 16.9.